The summed E-state index contributed by atoms with van der Waals surface area (Å²) in [5, 5.41) is 10.6. The Morgan fingerprint density at radius 1 is 1.27 bits per heavy atom. The van der Waals surface area contributed by atoms with Crippen LogP contribution >= 0.6 is 23.1 Å². The van der Waals surface area contributed by atoms with Crippen LogP contribution in [0.2, 0.25) is 0 Å². The molecule has 120 valence electrons. The summed E-state index contributed by atoms with van der Waals surface area (Å²) in [6.07, 6.45) is 0. The minimum atomic E-state index is -3.56. The monoisotopic (exact) mass is 359 g/mol. The molecule has 22 heavy (non-hydrogen) atoms. The molecule has 0 saturated heterocycles. The van der Waals surface area contributed by atoms with Gasteiger partial charge in [0, 0.05) is 17.2 Å². The third-order valence-corrected chi connectivity index (χ3v) is 7.00. The molecule has 1 heterocycles. The van der Waals surface area contributed by atoms with E-state index in [1.807, 2.05) is 12.1 Å². The van der Waals surface area contributed by atoms with Crippen molar-refractivity contribution in [1.29, 1.82) is 0 Å². The van der Waals surface area contributed by atoms with E-state index < -0.39 is 10.0 Å². The first-order chi connectivity index (χ1) is 10.6. The molecule has 0 amide bonds. The van der Waals surface area contributed by atoms with Gasteiger partial charge in [-0.15, -0.1) is 23.1 Å². The van der Waals surface area contributed by atoms with Crippen LogP contribution in [0.25, 0.3) is 0 Å². The Balaban J connectivity index is 2.05. The topological polar surface area (TPSA) is 75.6 Å². The first-order valence-electron chi connectivity index (χ1n) is 6.50. The van der Waals surface area contributed by atoms with Gasteiger partial charge >= 0.3 is 0 Å². The van der Waals surface area contributed by atoms with Crippen molar-refractivity contribution >= 4 is 33.1 Å². The average Bonchev–Trinajstić information content (AvgIpc) is 3.01. The SMILES string of the molecule is COc1ccc(CNS(=O)(=O)c2sccc2SCCO)cc1. The Morgan fingerprint density at radius 3 is 2.64 bits per heavy atom. The Kier molecular flexibility index (Phi) is 6.27. The number of aliphatic hydroxyl groups is 1. The number of thiophene rings is 1. The van der Waals surface area contributed by atoms with Crippen LogP contribution in [0.4, 0.5) is 0 Å². The van der Waals surface area contributed by atoms with Gasteiger partial charge < -0.3 is 9.84 Å². The lowest BCUT2D eigenvalue weighted by Gasteiger charge is -2.08. The van der Waals surface area contributed by atoms with E-state index in [9.17, 15) is 8.42 Å². The number of sulfonamides is 1. The van der Waals surface area contributed by atoms with Crippen LogP contribution in [0.15, 0.2) is 44.8 Å². The fourth-order valence-electron chi connectivity index (χ4n) is 1.73. The summed E-state index contributed by atoms with van der Waals surface area (Å²) in [7, 11) is -1.97. The Labute approximate surface area is 138 Å². The van der Waals surface area contributed by atoms with Gasteiger partial charge in [-0.3, -0.25) is 0 Å². The third-order valence-electron chi connectivity index (χ3n) is 2.81. The Morgan fingerprint density at radius 2 is 2.00 bits per heavy atom. The van der Waals surface area contributed by atoms with Crippen molar-refractivity contribution in [2.24, 2.45) is 0 Å². The van der Waals surface area contributed by atoms with Crippen molar-refractivity contribution in [3.05, 3.63) is 41.3 Å². The summed E-state index contributed by atoms with van der Waals surface area (Å²) < 4.78 is 32.7. The zero-order valence-electron chi connectivity index (χ0n) is 12.0. The van der Waals surface area contributed by atoms with Gasteiger partial charge in [-0.25, -0.2) is 13.1 Å². The number of hydrogen-bond acceptors (Lipinski definition) is 6. The zero-order valence-corrected chi connectivity index (χ0v) is 14.4. The molecule has 1 aromatic heterocycles. The summed E-state index contributed by atoms with van der Waals surface area (Å²) in [6, 6.07) is 8.97. The summed E-state index contributed by atoms with van der Waals surface area (Å²) >= 11 is 2.51. The van der Waals surface area contributed by atoms with Gasteiger partial charge in [-0.2, -0.15) is 0 Å². The van der Waals surface area contributed by atoms with Gasteiger partial charge in [0.25, 0.3) is 10.0 Å². The predicted octanol–water partition coefficient (Wildman–Crippen LogP) is 2.32. The molecule has 0 radical (unpaired) electrons. The first kappa shape index (κ1) is 17.3. The quantitative estimate of drug-likeness (QED) is 0.708. The average molecular weight is 359 g/mol. The minimum absolute atomic E-state index is 0.0132. The highest BCUT2D eigenvalue weighted by molar-refractivity contribution is 8.00. The van der Waals surface area contributed by atoms with Crippen molar-refractivity contribution in [3.8, 4) is 5.75 Å². The van der Waals surface area contributed by atoms with E-state index in [2.05, 4.69) is 4.72 Å². The van der Waals surface area contributed by atoms with Gasteiger partial charge in [0.05, 0.1) is 13.7 Å². The second-order valence-corrected chi connectivity index (χ2v) is 8.33. The molecule has 0 fully saturated rings. The van der Waals surface area contributed by atoms with Crippen molar-refractivity contribution in [2.75, 3.05) is 19.5 Å². The van der Waals surface area contributed by atoms with E-state index in [4.69, 9.17) is 9.84 Å². The number of nitrogens with one attached hydrogen (secondary N) is 1. The highest BCUT2D eigenvalue weighted by atomic mass is 32.2. The van der Waals surface area contributed by atoms with Crippen LogP contribution in [0.5, 0.6) is 5.75 Å². The molecule has 0 aliphatic rings. The molecule has 0 saturated carbocycles. The van der Waals surface area contributed by atoms with Crippen molar-refractivity contribution in [3.63, 3.8) is 0 Å². The molecule has 0 aliphatic heterocycles. The molecule has 2 N–H and O–H groups in total. The summed E-state index contributed by atoms with van der Waals surface area (Å²) in [4.78, 5) is 0.668. The van der Waals surface area contributed by atoms with Crippen molar-refractivity contribution in [2.45, 2.75) is 15.6 Å². The number of ether oxygens (including phenoxy) is 1. The number of hydrogen-bond donors (Lipinski definition) is 2. The molecule has 5 nitrogen and oxygen atoms in total. The fraction of sp³-hybridized carbons (Fsp3) is 0.286. The lowest BCUT2D eigenvalue weighted by Crippen LogP contribution is -2.22. The lowest BCUT2D eigenvalue weighted by atomic mass is 10.2. The van der Waals surface area contributed by atoms with Crippen LogP contribution in [-0.4, -0.2) is 33.0 Å². The van der Waals surface area contributed by atoms with E-state index in [-0.39, 0.29) is 13.2 Å². The summed E-state index contributed by atoms with van der Waals surface area (Å²) in [5.74, 6) is 1.20. The van der Waals surface area contributed by atoms with Crippen LogP contribution in [0.3, 0.4) is 0 Å². The largest absolute Gasteiger partial charge is 0.497 e. The first-order valence-corrected chi connectivity index (χ1v) is 9.85. The molecule has 0 atom stereocenters. The van der Waals surface area contributed by atoms with Gasteiger partial charge in [0.1, 0.15) is 9.96 Å². The highest BCUT2D eigenvalue weighted by Crippen LogP contribution is 2.31. The van der Waals surface area contributed by atoms with E-state index in [0.717, 1.165) is 11.3 Å². The predicted molar refractivity (Wildman–Crippen MR) is 89.1 cm³/mol. The number of rotatable bonds is 8. The number of methoxy groups -OCH3 is 1. The van der Waals surface area contributed by atoms with Crippen LogP contribution in [-0.2, 0) is 16.6 Å². The van der Waals surface area contributed by atoms with Gasteiger partial charge in [0.15, 0.2) is 0 Å². The molecule has 0 bridgehead atoms. The maximum absolute atomic E-state index is 12.4. The van der Waals surface area contributed by atoms with E-state index in [1.54, 1.807) is 30.7 Å². The van der Waals surface area contributed by atoms with Gasteiger partial charge in [-0.1, -0.05) is 12.1 Å². The van der Waals surface area contributed by atoms with Crippen molar-refractivity contribution in [1.82, 2.24) is 4.72 Å². The van der Waals surface area contributed by atoms with Crippen LogP contribution < -0.4 is 9.46 Å². The van der Waals surface area contributed by atoms with E-state index >= 15 is 0 Å². The second kappa shape index (κ2) is 7.98. The summed E-state index contributed by atoms with van der Waals surface area (Å²) in [6.45, 7) is 0.230. The number of benzene rings is 1. The highest BCUT2D eigenvalue weighted by Gasteiger charge is 2.20. The van der Waals surface area contributed by atoms with Gasteiger partial charge in [0.2, 0.25) is 0 Å². The normalized spacial score (nSPS) is 11.5. The Hall–Kier alpha value is -1.06. The van der Waals surface area contributed by atoms with E-state index in [0.29, 0.717) is 14.9 Å². The molecule has 1 aromatic carbocycles. The van der Waals surface area contributed by atoms with Crippen LogP contribution in [0, 0.1) is 0 Å². The molecule has 2 aromatic rings. The van der Waals surface area contributed by atoms with Crippen molar-refractivity contribution < 1.29 is 18.3 Å². The maximum Gasteiger partial charge on any atom is 0.251 e. The standard InChI is InChI=1S/C14H17NO4S3/c1-19-12-4-2-11(3-5-12)10-15-22(17,18)14-13(6-8-21-14)20-9-7-16/h2-6,8,15-16H,7,9-10H2,1H3. The smallest absolute Gasteiger partial charge is 0.251 e. The van der Waals surface area contributed by atoms with Gasteiger partial charge in [-0.05, 0) is 29.1 Å². The molecule has 2 rings (SSSR count). The molecule has 8 heteroatoms. The maximum atomic E-state index is 12.4. The zero-order chi connectivity index (χ0) is 16.0. The van der Waals surface area contributed by atoms with E-state index in [1.165, 1.54) is 23.1 Å². The lowest BCUT2D eigenvalue weighted by molar-refractivity contribution is 0.322. The third kappa shape index (κ3) is 4.47. The molecule has 0 unspecified atom stereocenters. The molecular weight excluding hydrogens is 342 g/mol. The molecule has 0 spiro atoms. The minimum Gasteiger partial charge on any atom is -0.497 e. The Bertz CT molecular complexity index is 695. The second-order valence-electron chi connectivity index (χ2n) is 4.32. The number of thioether (sulfide) groups is 1. The van der Waals surface area contributed by atoms with Crippen LogP contribution in [0.1, 0.15) is 5.56 Å². The summed E-state index contributed by atoms with van der Waals surface area (Å²) in [5.41, 5.74) is 0.852. The number of aliphatic hydroxyl groups excluding tert-OH is 1. The molecular formula is C14H17NO4S3. The molecule has 0 aliphatic carbocycles. The fourth-order valence-corrected chi connectivity index (χ4v) is 5.42.